The molecule has 22 heavy (non-hydrogen) atoms. The minimum absolute atomic E-state index is 0.0919. The Morgan fingerprint density at radius 3 is 2.64 bits per heavy atom. The lowest BCUT2D eigenvalue weighted by Crippen LogP contribution is -2.51. The molecule has 122 valence electrons. The van der Waals surface area contributed by atoms with Crippen LogP contribution in [0.25, 0.3) is 0 Å². The molecular formula is C14H19ClN2O4S. The quantitative estimate of drug-likeness (QED) is 0.851. The van der Waals surface area contributed by atoms with Crippen LogP contribution >= 0.6 is 11.6 Å². The van der Waals surface area contributed by atoms with Crippen LogP contribution in [0.1, 0.15) is 19.3 Å². The Balaban J connectivity index is 2.21. The second kappa shape index (κ2) is 6.54. The summed E-state index contributed by atoms with van der Waals surface area (Å²) in [6, 6.07) is 5.89. The van der Waals surface area contributed by atoms with Crippen LogP contribution < -0.4 is 5.32 Å². The summed E-state index contributed by atoms with van der Waals surface area (Å²) in [6.07, 6.45) is 0.781. The monoisotopic (exact) mass is 346 g/mol. The maximum absolute atomic E-state index is 12.6. The van der Waals surface area contributed by atoms with Crippen molar-refractivity contribution in [3.05, 3.63) is 29.3 Å². The molecule has 0 spiro atoms. The Hall–Kier alpha value is -1.15. The molecule has 1 saturated heterocycles. The van der Waals surface area contributed by atoms with Gasteiger partial charge in [-0.05, 0) is 37.1 Å². The Bertz CT molecular complexity index is 647. The number of nitrogens with one attached hydrogen (secondary N) is 1. The van der Waals surface area contributed by atoms with Crippen molar-refractivity contribution < 1.29 is 18.3 Å². The Morgan fingerprint density at radius 2 is 2.05 bits per heavy atom. The van der Waals surface area contributed by atoms with Crippen molar-refractivity contribution in [2.45, 2.75) is 29.8 Å². The lowest BCUT2D eigenvalue weighted by atomic mass is 9.90. The molecule has 1 aromatic rings. The molecule has 8 heteroatoms. The maximum atomic E-state index is 12.6. The SMILES string of the molecule is CNC(=O)CC1(O)CCCN(S(=O)(=O)c2ccc(Cl)cc2)C1. The largest absolute Gasteiger partial charge is 0.388 e. The summed E-state index contributed by atoms with van der Waals surface area (Å²) >= 11 is 5.77. The summed E-state index contributed by atoms with van der Waals surface area (Å²) < 4.78 is 26.5. The third kappa shape index (κ3) is 3.78. The van der Waals surface area contributed by atoms with Crippen LogP contribution in [-0.2, 0) is 14.8 Å². The van der Waals surface area contributed by atoms with Gasteiger partial charge in [0.25, 0.3) is 0 Å². The number of nitrogens with zero attached hydrogens (tertiary/aromatic N) is 1. The molecular weight excluding hydrogens is 328 g/mol. The van der Waals surface area contributed by atoms with Gasteiger partial charge in [0.15, 0.2) is 0 Å². The van der Waals surface area contributed by atoms with Gasteiger partial charge in [-0.15, -0.1) is 0 Å². The molecule has 2 N–H and O–H groups in total. The predicted molar refractivity (Wildman–Crippen MR) is 83.1 cm³/mol. The summed E-state index contributed by atoms with van der Waals surface area (Å²) in [6.45, 7) is 0.229. The second-order valence-electron chi connectivity index (χ2n) is 5.47. The molecule has 2 rings (SSSR count). The third-order valence-corrected chi connectivity index (χ3v) is 5.85. The number of hydrogen-bond acceptors (Lipinski definition) is 4. The van der Waals surface area contributed by atoms with E-state index in [0.717, 1.165) is 0 Å². The van der Waals surface area contributed by atoms with Crippen molar-refractivity contribution in [1.82, 2.24) is 9.62 Å². The van der Waals surface area contributed by atoms with Crippen LogP contribution in [0.2, 0.25) is 5.02 Å². The topological polar surface area (TPSA) is 86.7 Å². The van der Waals surface area contributed by atoms with Gasteiger partial charge < -0.3 is 10.4 Å². The number of rotatable bonds is 4. The lowest BCUT2D eigenvalue weighted by molar-refractivity contribution is -0.127. The first-order valence-electron chi connectivity index (χ1n) is 6.95. The summed E-state index contributed by atoms with van der Waals surface area (Å²) in [5, 5.41) is 13.4. The fraction of sp³-hybridized carbons (Fsp3) is 0.500. The summed E-state index contributed by atoms with van der Waals surface area (Å²) in [5.74, 6) is -0.312. The molecule has 1 fully saturated rings. The molecule has 0 bridgehead atoms. The standard InChI is InChI=1S/C14H19ClN2O4S/c1-16-13(18)9-14(19)7-2-8-17(10-14)22(20,21)12-5-3-11(15)4-6-12/h3-6,19H,2,7-10H2,1H3,(H,16,18). The van der Waals surface area contributed by atoms with Gasteiger partial charge in [0, 0.05) is 25.2 Å². The Morgan fingerprint density at radius 1 is 1.41 bits per heavy atom. The molecule has 1 heterocycles. The highest BCUT2D eigenvalue weighted by atomic mass is 35.5. The molecule has 1 aliphatic heterocycles. The molecule has 1 amide bonds. The van der Waals surface area contributed by atoms with Crippen molar-refractivity contribution in [3.63, 3.8) is 0 Å². The highest BCUT2D eigenvalue weighted by molar-refractivity contribution is 7.89. The van der Waals surface area contributed by atoms with E-state index >= 15 is 0 Å². The minimum atomic E-state index is -3.71. The van der Waals surface area contributed by atoms with E-state index in [1.165, 1.54) is 35.6 Å². The van der Waals surface area contributed by atoms with Gasteiger partial charge in [0.2, 0.25) is 15.9 Å². The number of carbonyl (C=O) groups is 1. The summed E-state index contributed by atoms with van der Waals surface area (Å²) in [5.41, 5.74) is -1.34. The third-order valence-electron chi connectivity index (χ3n) is 3.74. The van der Waals surface area contributed by atoms with Gasteiger partial charge in [-0.1, -0.05) is 11.6 Å². The highest BCUT2D eigenvalue weighted by Gasteiger charge is 2.39. The van der Waals surface area contributed by atoms with Crippen molar-refractivity contribution in [2.75, 3.05) is 20.1 Å². The van der Waals surface area contributed by atoms with E-state index in [4.69, 9.17) is 11.6 Å². The van der Waals surface area contributed by atoms with E-state index in [1.807, 2.05) is 0 Å². The van der Waals surface area contributed by atoms with Gasteiger partial charge >= 0.3 is 0 Å². The van der Waals surface area contributed by atoms with Gasteiger partial charge in [0.05, 0.1) is 16.9 Å². The predicted octanol–water partition coefficient (Wildman–Crippen LogP) is 0.992. The summed E-state index contributed by atoms with van der Waals surface area (Å²) in [4.78, 5) is 11.6. The van der Waals surface area contributed by atoms with Gasteiger partial charge in [-0.25, -0.2) is 8.42 Å². The molecule has 1 unspecified atom stereocenters. The molecule has 0 aliphatic carbocycles. The molecule has 1 aliphatic rings. The number of β-amino-alcohol motifs (C(OH)–C–C–N with tert-alkyl or cyclic N) is 1. The zero-order chi connectivity index (χ0) is 16.4. The van der Waals surface area contributed by atoms with Crippen molar-refractivity contribution in [3.8, 4) is 0 Å². The number of piperidine rings is 1. The van der Waals surface area contributed by atoms with E-state index in [1.54, 1.807) is 0 Å². The zero-order valence-corrected chi connectivity index (χ0v) is 13.8. The average molecular weight is 347 g/mol. The molecule has 6 nitrogen and oxygen atoms in total. The molecule has 1 aromatic carbocycles. The fourth-order valence-electron chi connectivity index (χ4n) is 2.56. The smallest absolute Gasteiger partial charge is 0.243 e. The number of hydrogen-bond donors (Lipinski definition) is 2. The lowest BCUT2D eigenvalue weighted by Gasteiger charge is -2.38. The highest BCUT2D eigenvalue weighted by Crippen LogP contribution is 2.29. The van der Waals surface area contributed by atoms with Crippen LogP contribution in [0.4, 0.5) is 0 Å². The van der Waals surface area contributed by atoms with Crippen molar-refractivity contribution >= 4 is 27.5 Å². The molecule has 1 atom stereocenters. The summed E-state index contributed by atoms with van der Waals surface area (Å²) in [7, 11) is -2.23. The Labute approximate surface area is 135 Å². The number of sulfonamides is 1. The molecule has 0 radical (unpaired) electrons. The maximum Gasteiger partial charge on any atom is 0.243 e. The minimum Gasteiger partial charge on any atom is -0.388 e. The van der Waals surface area contributed by atoms with Gasteiger partial charge in [-0.2, -0.15) is 4.31 Å². The van der Waals surface area contributed by atoms with Crippen LogP contribution in [0.5, 0.6) is 0 Å². The number of halogens is 1. The second-order valence-corrected chi connectivity index (χ2v) is 7.84. The van der Waals surface area contributed by atoms with Crippen LogP contribution in [0, 0.1) is 0 Å². The van der Waals surface area contributed by atoms with Crippen molar-refractivity contribution in [2.24, 2.45) is 0 Å². The van der Waals surface area contributed by atoms with Crippen LogP contribution in [0.3, 0.4) is 0 Å². The molecule has 0 saturated carbocycles. The fourth-order valence-corrected chi connectivity index (χ4v) is 4.25. The number of carbonyl (C=O) groups excluding carboxylic acids is 1. The first-order chi connectivity index (χ1) is 10.3. The van der Waals surface area contributed by atoms with E-state index in [-0.39, 0.29) is 23.8 Å². The van der Waals surface area contributed by atoms with E-state index in [0.29, 0.717) is 24.4 Å². The first-order valence-corrected chi connectivity index (χ1v) is 8.77. The Kier molecular flexibility index (Phi) is 5.11. The zero-order valence-electron chi connectivity index (χ0n) is 12.3. The first kappa shape index (κ1) is 17.2. The number of benzene rings is 1. The van der Waals surface area contributed by atoms with Gasteiger partial charge in [0.1, 0.15) is 0 Å². The average Bonchev–Trinajstić information content (AvgIpc) is 2.47. The van der Waals surface area contributed by atoms with Gasteiger partial charge in [-0.3, -0.25) is 4.79 Å². The molecule has 0 aromatic heterocycles. The number of aliphatic hydroxyl groups is 1. The van der Waals surface area contributed by atoms with E-state index < -0.39 is 15.6 Å². The van der Waals surface area contributed by atoms with E-state index in [9.17, 15) is 18.3 Å². The normalized spacial score (nSPS) is 23.2. The van der Waals surface area contributed by atoms with E-state index in [2.05, 4.69) is 5.32 Å². The van der Waals surface area contributed by atoms with Crippen molar-refractivity contribution in [1.29, 1.82) is 0 Å². The van der Waals surface area contributed by atoms with Crippen LogP contribution in [-0.4, -0.2) is 49.5 Å². The van der Waals surface area contributed by atoms with Crippen LogP contribution in [0.15, 0.2) is 29.2 Å². The number of amides is 1.